The number of likely N-dealkylation sites (tertiary alicyclic amines) is 1. The number of aryl methyl sites for hydroxylation is 1. The molecule has 0 bridgehead atoms. The largest absolute Gasteiger partial charge is 0.347 e. The Balaban J connectivity index is 1.26. The summed E-state index contributed by atoms with van der Waals surface area (Å²) in [7, 11) is 0. The van der Waals surface area contributed by atoms with Crippen LogP contribution in [0.1, 0.15) is 32.1 Å². The molecule has 34 heavy (non-hydrogen) atoms. The Labute approximate surface area is 202 Å². The van der Waals surface area contributed by atoms with E-state index in [9.17, 15) is 4.39 Å². The third-order valence-corrected chi connectivity index (χ3v) is 7.75. The molecule has 1 aliphatic heterocycles. The fourth-order valence-corrected chi connectivity index (χ4v) is 5.96. The van der Waals surface area contributed by atoms with E-state index in [2.05, 4.69) is 37.1 Å². The van der Waals surface area contributed by atoms with Crippen molar-refractivity contribution < 1.29 is 4.39 Å². The zero-order chi connectivity index (χ0) is 22.9. The van der Waals surface area contributed by atoms with Crippen molar-refractivity contribution in [3.05, 3.63) is 60.1 Å². The van der Waals surface area contributed by atoms with Crippen LogP contribution in [0.4, 0.5) is 4.39 Å². The van der Waals surface area contributed by atoms with Crippen molar-refractivity contribution in [2.45, 2.75) is 38.6 Å². The Morgan fingerprint density at radius 2 is 1.88 bits per heavy atom. The number of piperidine rings is 1. The Hall–Kier alpha value is -3.03. The molecule has 1 saturated heterocycles. The standard InChI is InChI=1S/C27H28FN5S/c28-19-8-9-25-21(15-19)23(17-33(25)14-5-4-13-32-11-2-1-3-12-32)27-31-24(18-34-27)22-16-30-26-20(22)7-6-10-29-26/h6-10,15-18H,1-5,11-14H2,(H,29,30). The number of aromatic amines is 1. The molecule has 0 atom stereocenters. The van der Waals surface area contributed by atoms with Crippen LogP contribution in [-0.4, -0.2) is 44.1 Å². The van der Waals surface area contributed by atoms with E-state index in [-0.39, 0.29) is 5.82 Å². The maximum atomic E-state index is 14.2. The second-order valence-electron chi connectivity index (χ2n) is 9.15. The summed E-state index contributed by atoms with van der Waals surface area (Å²) in [6, 6.07) is 9.10. The van der Waals surface area contributed by atoms with Gasteiger partial charge in [0, 0.05) is 57.9 Å². The summed E-state index contributed by atoms with van der Waals surface area (Å²) in [4.78, 5) is 15.2. The predicted molar refractivity (Wildman–Crippen MR) is 138 cm³/mol. The molecular formula is C27H28FN5S. The van der Waals surface area contributed by atoms with Crippen molar-refractivity contribution in [3.8, 4) is 21.8 Å². The zero-order valence-electron chi connectivity index (χ0n) is 19.1. The summed E-state index contributed by atoms with van der Waals surface area (Å²) in [6.45, 7) is 4.60. The van der Waals surface area contributed by atoms with Crippen molar-refractivity contribution in [3.63, 3.8) is 0 Å². The topological polar surface area (TPSA) is 49.7 Å². The van der Waals surface area contributed by atoms with E-state index in [1.807, 2.05) is 18.3 Å². The molecule has 1 fully saturated rings. The molecule has 0 amide bonds. The van der Waals surface area contributed by atoms with Gasteiger partial charge < -0.3 is 14.5 Å². The second kappa shape index (κ2) is 9.31. The molecule has 0 unspecified atom stereocenters. The summed E-state index contributed by atoms with van der Waals surface area (Å²) in [6.07, 6.45) is 12.2. The Bertz CT molecular complexity index is 1430. The average Bonchev–Trinajstić information content (AvgIpc) is 3.59. The van der Waals surface area contributed by atoms with E-state index in [0.717, 1.165) is 56.7 Å². The molecule has 5 aromatic rings. The molecule has 1 aliphatic rings. The molecular weight excluding hydrogens is 445 g/mol. The molecule has 174 valence electrons. The number of rotatable bonds is 7. The number of thiazole rings is 1. The number of pyridine rings is 1. The van der Waals surface area contributed by atoms with Crippen LogP contribution in [0.3, 0.4) is 0 Å². The van der Waals surface area contributed by atoms with Crippen LogP contribution in [-0.2, 0) is 6.54 Å². The molecule has 0 aliphatic carbocycles. The van der Waals surface area contributed by atoms with Crippen molar-refractivity contribution in [1.82, 2.24) is 24.4 Å². The quantitative estimate of drug-likeness (QED) is 0.267. The van der Waals surface area contributed by atoms with Crippen LogP contribution in [0, 0.1) is 5.82 Å². The molecule has 0 saturated carbocycles. The molecule has 0 radical (unpaired) electrons. The van der Waals surface area contributed by atoms with E-state index in [0.29, 0.717) is 0 Å². The summed E-state index contributed by atoms with van der Waals surface area (Å²) < 4.78 is 16.5. The molecule has 7 heteroatoms. The fourth-order valence-electron chi connectivity index (χ4n) is 5.11. The van der Waals surface area contributed by atoms with Gasteiger partial charge in [-0.2, -0.15) is 0 Å². The lowest BCUT2D eigenvalue weighted by molar-refractivity contribution is 0.223. The van der Waals surface area contributed by atoms with Crippen LogP contribution in [0.2, 0.25) is 0 Å². The van der Waals surface area contributed by atoms with Crippen LogP contribution in [0.15, 0.2) is 54.3 Å². The van der Waals surface area contributed by atoms with E-state index in [4.69, 9.17) is 4.98 Å². The van der Waals surface area contributed by atoms with E-state index < -0.39 is 0 Å². The van der Waals surface area contributed by atoms with Gasteiger partial charge in [-0.05, 0) is 75.6 Å². The van der Waals surface area contributed by atoms with Gasteiger partial charge in [-0.1, -0.05) is 6.42 Å². The third-order valence-electron chi connectivity index (χ3n) is 6.88. The number of nitrogens with one attached hydrogen (secondary N) is 1. The Kier molecular flexibility index (Phi) is 5.89. The monoisotopic (exact) mass is 473 g/mol. The Morgan fingerprint density at radius 3 is 2.79 bits per heavy atom. The van der Waals surface area contributed by atoms with Crippen molar-refractivity contribution in [2.24, 2.45) is 0 Å². The minimum absolute atomic E-state index is 0.212. The van der Waals surface area contributed by atoms with Gasteiger partial charge >= 0.3 is 0 Å². The summed E-state index contributed by atoms with van der Waals surface area (Å²) in [5.74, 6) is -0.212. The first-order valence-electron chi connectivity index (χ1n) is 12.2. The number of benzene rings is 1. The number of hydrogen-bond donors (Lipinski definition) is 1. The highest BCUT2D eigenvalue weighted by Crippen LogP contribution is 2.37. The van der Waals surface area contributed by atoms with Crippen LogP contribution in [0.5, 0.6) is 0 Å². The molecule has 1 N–H and O–H groups in total. The lowest BCUT2D eigenvalue weighted by Crippen LogP contribution is -2.30. The highest BCUT2D eigenvalue weighted by atomic mass is 32.1. The van der Waals surface area contributed by atoms with Crippen molar-refractivity contribution in [1.29, 1.82) is 0 Å². The lowest BCUT2D eigenvalue weighted by Gasteiger charge is -2.26. The normalized spacial score (nSPS) is 15.0. The number of nitrogens with zero attached hydrogens (tertiary/aromatic N) is 4. The first-order chi connectivity index (χ1) is 16.8. The van der Waals surface area contributed by atoms with Gasteiger partial charge in [0.25, 0.3) is 0 Å². The highest BCUT2D eigenvalue weighted by molar-refractivity contribution is 7.13. The van der Waals surface area contributed by atoms with Gasteiger partial charge in [-0.15, -0.1) is 11.3 Å². The van der Waals surface area contributed by atoms with Crippen LogP contribution < -0.4 is 0 Å². The maximum Gasteiger partial charge on any atom is 0.137 e. The molecule has 5 heterocycles. The van der Waals surface area contributed by atoms with E-state index >= 15 is 0 Å². The predicted octanol–water partition coefficient (Wildman–Crippen LogP) is 6.71. The van der Waals surface area contributed by atoms with Gasteiger partial charge in [0.15, 0.2) is 0 Å². The SMILES string of the molecule is Fc1ccc2c(c1)c(-c1nc(-c3c[nH]c4ncccc34)cs1)cn2CCCCN1CCCCC1. The molecule has 0 spiro atoms. The number of H-pyrrole nitrogens is 1. The van der Waals surface area contributed by atoms with E-state index in [1.54, 1.807) is 29.7 Å². The first-order valence-corrected chi connectivity index (χ1v) is 13.0. The molecule has 1 aromatic carbocycles. The smallest absolute Gasteiger partial charge is 0.137 e. The molecule has 5 nitrogen and oxygen atoms in total. The first kappa shape index (κ1) is 21.5. The van der Waals surface area contributed by atoms with E-state index in [1.165, 1.54) is 45.3 Å². The summed E-state index contributed by atoms with van der Waals surface area (Å²) in [5.41, 5.74) is 4.88. The molecule has 6 rings (SSSR count). The number of fused-ring (bicyclic) bond motifs is 2. The van der Waals surface area contributed by atoms with Crippen LogP contribution in [0.25, 0.3) is 43.8 Å². The highest BCUT2D eigenvalue weighted by Gasteiger charge is 2.17. The number of aromatic nitrogens is 4. The van der Waals surface area contributed by atoms with Crippen molar-refractivity contribution >= 4 is 33.3 Å². The van der Waals surface area contributed by atoms with Crippen molar-refractivity contribution in [2.75, 3.05) is 19.6 Å². The zero-order valence-corrected chi connectivity index (χ0v) is 20.0. The van der Waals surface area contributed by atoms with Gasteiger partial charge in [0.2, 0.25) is 0 Å². The lowest BCUT2D eigenvalue weighted by atomic mass is 10.1. The number of halogens is 1. The number of unbranched alkanes of at least 4 members (excludes halogenated alkanes) is 1. The summed E-state index contributed by atoms with van der Waals surface area (Å²) >= 11 is 1.60. The summed E-state index contributed by atoms with van der Waals surface area (Å²) in [5, 5.41) is 4.97. The minimum Gasteiger partial charge on any atom is -0.347 e. The van der Waals surface area contributed by atoms with Gasteiger partial charge in [0.05, 0.1) is 5.69 Å². The van der Waals surface area contributed by atoms with Crippen LogP contribution >= 0.6 is 11.3 Å². The fraction of sp³-hybridized carbons (Fsp3) is 0.333. The Morgan fingerprint density at radius 1 is 1.00 bits per heavy atom. The average molecular weight is 474 g/mol. The number of hydrogen-bond acceptors (Lipinski definition) is 4. The van der Waals surface area contributed by atoms with Gasteiger partial charge in [-0.3, -0.25) is 0 Å². The third kappa shape index (κ3) is 4.14. The maximum absolute atomic E-state index is 14.2. The second-order valence-corrected chi connectivity index (χ2v) is 10.0. The molecule has 4 aromatic heterocycles. The minimum atomic E-state index is -0.212. The van der Waals surface area contributed by atoms with Gasteiger partial charge in [-0.25, -0.2) is 14.4 Å². The van der Waals surface area contributed by atoms with Gasteiger partial charge in [0.1, 0.15) is 16.5 Å².